The minimum Gasteiger partial charge on any atom is -0.327 e. The Balaban J connectivity index is 1.56. The Morgan fingerprint density at radius 1 is 1.28 bits per heavy atom. The molecule has 0 aromatic heterocycles. The first kappa shape index (κ1) is 12.2. The van der Waals surface area contributed by atoms with Crippen molar-refractivity contribution < 1.29 is 0 Å². The number of hydrogen-bond acceptors (Lipinski definition) is 1. The molecule has 1 aromatic rings. The summed E-state index contributed by atoms with van der Waals surface area (Å²) in [4.78, 5) is 0. The van der Waals surface area contributed by atoms with Crippen LogP contribution in [0.2, 0.25) is 0 Å². The fourth-order valence-electron chi connectivity index (χ4n) is 3.97. The Bertz CT molecular complexity index is 412. The van der Waals surface area contributed by atoms with Gasteiger partial charge in [-0.25, -0.2) is 0 Å². The van der Waals surface area contributed by atoms with Crippen LogP contribution in [0.4, 0.5) is 0 Å². The lowest BCUT2D eigenvalue weighted by Gasteiger charge is -2.33. The molecule has 0 amide bonds. The van der Waals surface area contributed by atoms with Crippen molar-refractivity contribution in [2.45, 2.75) is 57.4 Å². The molecule has 1 nitrogen and oxygen atoms in total. The Kier molecular flexibility index (Phi) is 3.43. The van der Waals surface area contributed by atoms with Gasteiger partial charge in [0.1, 0.15) is 0 Å². The molecule has 1 heteroatoms. The molecule has 0 saturated heterocycles. The summed E-state index contributed by atoms with van der Waals surface area (Å²) >= 11 is 0. The Morgan fingerprint density at radius 3 is 2.83 bits per heavy atom. The summed E-state index contributed by atoms with van der Waals surface area (Å²) in [7, 11) is 0. The lowest BCUT2D eigenvalue weighted by molar-refractivity contribution is 0.357. The van der Waals surface area contributed by atoms with Crippen molar-refractivity contribution in [3.63, 3.8) is 0 Å². The number of nitrogens with two attached hydrogens (primary N) is 1. The van der Waals surface area contributed by atoms with E-state index in [0.717, 1.165) is 17.8 Å². The van der Waals surface area contributed by atoms with Gasteiger partial charge in [0.25, 0.3) is 0 Å². The van der Waals surface area contributed by atoms with E-state index in [1.165, 1.54) is 38.5 Å². The van der Waals surface area contributed by atoms with Crippen LogP contribution in [0.1, 0.15) is 56.1 Å². The highest BCUT2D eigenvalue weighted by Crippen LogP contribution is 2.41. The molecule has 0 bridgehead atoms. The molecular weight excluding hydrogens is 218 g/mol. The molecule has 3 rings (SSSR count). The van der Waals surface area contributed by atoms with Gasteiger partial charge in [0, 0.05) is 6.04 Å². The van der Waals surface area contributed by atoms with E-state index >= 15 is 0 Å². The fourth-order valence-corrected chi connectivity index (χ4v) is 3.97. The van der Waals surface area contributed by atoms with Crippen LogP contribution in [-0.2, 0) is 6.42 Å². The maximum Gasteiger partial charge on any atom is 0.00732 e. The summed E-state index contributed by atoms with van der Waals surface area (Å²) in [5.41, 5.74) is 9.58. The highest BCUT2D eigenvalue weighted by atomic mass is 14.7. The van der Waals surface area contributed by atoms with Crippen LogP contribution in [0.25, 0.3) is 0 Å². The molecule has 1 saturated carbocycles. The van der Waals surface area contributed by atoms with E-state index in [4.69, 9.17) is 5.73 Å². The molecule has 0 aliphatic heterocycles. The van der Waals surface area contributed by atoms with Crippen LogP contribution < -0.4 is 5.73 Å². The van der Waals surface area contributed by atoms with Crippen molar-refractivity contribution in [2.75, 3.05) is 0 Å². The minimum atomic E-state index is 0.430. The summed E-state index contributed by atoms with van der Waals surface area (Å²) in [6.07, 6.45) is 7.97. The number of rotatable bonds is 4. The second kappa shape index (κ2) is 5.05. The molecule has 1 aromatic carbocycles. The number of benzene rings is 1. The lowest BCUT2D eigenvalue weighted by atomic mass is 9.73. The predicted octanol–water partition coefficient (Wildman–Crippen LogP) is 3.87. The number of hydrogen-bond donors (Lipinski definition) is 1. The standard InChI is InChI=1S/C17H25N/c1-2-12-7-8-14(9-12)17(18)11-15-10-13-5-3-4-6-16(13)15/h3-6,12,14-15,17H,2,7-11,18H2,1H3. The third-order valence-electron chi connectivity index (χ3n) is 5.28. The van der Waals surface area contributed by atoms with Crippen LogP contribution in [-0.4, -0.2) is 6.04 Å². The monoisotopic (exact) mass is 243 g/mol. The highest BCUT2D eigenvalue weighted by molar-refractivity contribution is 5.39. The maximum atomic E-state index is 6.46. The van der Waals surface area contributed by atoms with Gasteiger partial charge in [0.2, 0.25) is 0 Å². The van der Waals surface area contributed by atoms with Gasteiger partial charge >= 0.3 is 0 Å². The zero-order valence-corrected chi connectivity index (χ0v) is 11.4. The second-order valence-corrected chi connectivity index (χ2v) is 6.35. The largest absolute Gasteiger partial charge is 0.327 e. The number of fused-ring (bicyclic) bond motifs is 1. The average Bonchev–Trinajstić information content (AvgIpc) is 2.84. The topological polar surface area (TPSA) is 26.0 Å². The summed E-state index contributed by atoms with van der Waals surface area (Å²) < 4.78 is 0. The highest BCUT2D eigenvalue weighted by Gasteiger charge is 2.32. The molecule has 4 atom stereocenters. The van der Waals surface area contributed by atoms with E-state index < -0.39 is 0 Å². The Morgan fingerprint density at radius 2 is 2.11 bits per heavy atom. The molecule has 0 heterocycles. The molecule has 2 aliphatic rings. The van der Waals surface area contributed by atoms with E-state index in [2.05, 4.69) is 31.2 Å². The fraction of sp³-hybridized carbons (Fsp3) is 0.647. The third-order valence-corrected chi connectivity index (χ3v) is 5.28. The van der Waals surface area contributed by atoms with Crippen molar-refractivity contribution in [3.05, 3.63) is 35.4 Å². The van der Waals surface area contributed by atoms with Crippen LogP contribution in [0.15, 0.2) is 24.3 Å². The van der Waals surface area contributed by atoms with Gasteiger partial charge < -0.3 is 5.73 Å². The van der Waals surface area contributed by atoms with E-state index in [0.29, 0.717) is 6.04 Å². The van der Waals surface area contributed by atoms with Crippen LogP contribution in [0, 0.1) is 11.8 Å². The van der Waals surface area contributed by atoms with Crippen molar-refractivity contribution in [3.8, 4) is 0 Å². The minimum absolute atomic E-state index is 0.430. The van der Waals surface area contributed by atoms with Gasteiger partial charge in [-0.05, 0) is 54.6 Å². The molecular formula is C17H25N. The molecule has 2 aliphatic carbocycles. The molecule has 98 valence electrons. The van der Waals surface area contributed by atoms with Crippen LogP contribution in [0.5, 0.6) is 0 Å². The Hall–Kier alpha value is -0.820. The lowest BCUT2D eigenvalue weighted by Crippen LogP contribution is -2.33. The summed E-state index contributed by atoms with van der Waals surface area (Å²) in [6.45, 7) is 2.32. The van der Waals surface area contributed by atoms with Gasteiger partial charge in [0.15, 0.2) is 0 Å². The Labute approximate surface area is 111 Å². The first-order valence-electron chi connectivity index (χ1n) is 7.61. The first-order valence-corrected chi connectivity index (χ1v) is 7.61. The SMILES string of the molecule is CCC1CCC(C(N)CC2Cc3ccccc32)C1. The zero-order valence-electron chi connectivity index (χ0n) is 11.4. The van der Waals surface area contributed by atoms with Gasteiger partial charge in [-0.1, -0.05) is 44.0 Å². The summed E-state index contributed by atoms with van der Waals surface area (Å²) in [5, 5.41) is 0. The summed E-state index contributed by atoms with van der Waals surface area (Å²) in [6, 6.07) is 9.30. The molecule has 2 N–H and O–H groups in total. The summed E-state index contributed by atoms with van der Waals surface area (Å²) in [5.74, 6) is 2.49. The average molecular weight is 243 g/mol. The van der Waals surface area contributed by atoms with Gasteiger partial charge in [0.05, 0.1) is 0 Å². The van der Waals surface area contributed by atoms with Gasteiger partial charge in [-0.2, -0.15) is 0 Å². The van der Waals surface area contributed by atoms with E-state index in [1.807, 2.05) is 0 Å². The van der Waals surface area contributed by atoms with Crippen molar-refractivity contribution in [2.24, 2.45) is 17.6 Å². The van der Waals surface area contributed by atoms with E-state index in [1.54, 1.807) is 11.1 Å². The maximum absolute atomic E-state index is 6.46. The first-order chi connectivity index (χ1) is 8.78. The van der Waals surface area contributed by atoms with Crippen molar-refractivity contribution in [1.82, 2.24) is 0 Å². The zero-order chi connectivity index (χ0) is 12.5. The van der Waals surface area contributed by atoms with Gasteiger partial charge in [-0.15, -0.1) is 0 Å². The second-order valence-electron chi connectivity index (χ2n) is 6.35. The van der Waals surface area contributed by atoms with E-state index in [-0.39, 0.29) is 0 Å². The van der Waals surface area contributed by atoms with E-state index in [9.17, 15) is 0 Å². The van der Waals surface area contributed by atoms with Crippen LogP contribution in [0.3, 0.4) is 0 Å². The molecule has 0 spiro atoms. The van der Waals surface area contributed by atoms with Crippen molar-refractivity contribution >= 4 is 0 Å². The molecule has 4 unspecified atom stereocenters. The molecule has 1 fully saturated rings. The third kappa shape index (κ3) is 2.21. The van der Waals surface area contributed by atoms with Crippen LogP contribution >= 0.6 is 0 Å². The molecule has 18 heavy (non-hydrogen) atoms. The predicted molar refractivity (Wildman–Crippen MR) is 76.6 cm³/mol. The quantitative estimate of drug-likeness (QED) is 0.853. The normalized spacial score (nSPS) is 31.8. The van der Waals surface area contributed by atoms with Gasteiger partial charge in [-0.3, -0.25) is 0 Å². The smallest absolute Gasteiger partial charge is 0.00732 e. The molecule has 0 radical (unpaired) electrons. The van der Waals surface area contributed by atoms with Crippen molar-refractivity contribution in [1.29, 1.82) is 0 Å².